The summed E-state index contributed by atoms with van der Waals surface area (Å²) in [6.07, 6.45) is 5.31. The Morgan fingerprint density at radius 1 is 1.22 bits per heavy atom. The van der Waals surface area contributed by atoms with Crippen LogP contribution < -0.4 is 10.9 Å². The maximum Gasteiger partial charge on any atom is 0.281 e. The number of aromatic nitrogens is 2. The zero-order valence-corrected chi connectivity index (χ0v) is 14.3. The molecule has 0 spiro atoms. The van der Waals surface area contributed by atoms with Gasteiger partial charge < -0.3 is 5.32 Å². The molecule has 2 aromatic heterocycles. The highest BCUT2D eigenvalue weighted by Gasteiger charge is 2.20. The number of aryl methyl sites for hydroxylation is 2. The summed E-state index contributed by atoms with van der Waals surface area (Å²) in [6.45, 7) is 7.81. The summed E-state index contributed by atoms with van der Waals surface area (Å²) in [5, 5.41) is 2.83. The first kappa shape index (κ1) is 17.2. The second kappa shape index (κ2) is 7.40. The molecule has 0 saturated carbocycles. The molecule has 0 radical (unpaired) electrons. The van der Waals surface area contributed by atoms with Gasteiger partial charge in [-0.3, -0.25) is 14.0 Å². The Morgan fingerprint density at radius 2 is 1.87 bits per heavy atom. The van der Waals surface area contributed by atoms with Crippen LogP contribution >= 0.6 is 0 Å². The van der Waals surface area contributed by atoms with Gasteiger partial charge in [-0.05, 0) is 38.3 Å². The van der Waals surface area contributed by atoms with Crippen molar-refractivity contribution in [2.45, 2.75) is 53.4 Å². The molecule has 124 valence electrons. The average molecular weight is 315 g/mol. The first-order valence-electron chi connectivity index (χ1n) is 8.28. The number of hydrogen-bond acceptors (Lipinski definition) is 3. The van der Waals surface area contributed by atoms with Gasteiger partial charge in [-0.25, -0.2) is 4.98 Å². The van der Waals surface area contributed by atoms with Gasteiger partial charge in [0.2, 0.25) is 5.91 Å². The normalized spacial score (nSPS) is 11.2. The van der Waals surface area contributed by atoms with Crippen molar-refractivity contribution in [1.82, 2.24) is 9.38 Å². The number of nitrogens with zero attached hydrogens (tertiary/aromatic N) is 2. The average Bonchev–Trinajstić information content (AvgIpc) is 2.52. The number of hydrogen-bond donors (Lipinski definition) is 1. The minimum Gasteiger partial charge on any atom is -0.320 e. The predicted octanol–water partition coefficient (Wildman–Crippen LogP) is 3.47. The maximum absolute atomic E-state index is 12.7. The lowest BCUT2D eigenvalue weighted by Gasteiger charge is -2.16. The maximum atomic E-state index is 12.7. The molecular formula is C18H25N3O2. The Bertz CT molecular complexity index is 759. The summed E-state index contributed by atoms with van der Waals surface area (Å²) < 4.78 is 1.49. The number of fused-ring (bicyclic) bond motifs is 1. The summed E-state index contributed by atoms with van der Waals surface area (Å²) in [5.41, 5.74) is 2.18. The molecule has 0 aliphatic rings. The molecule has 2 heterocycles. The van der Waals surface area contributed by atoms with E-state index in [0.717, 1.165) is 31.2 Å². The largest absolute Gasteiger partial charge is 0.320 e. The number of anilines is 1. The molecule has 1 amide bonds. The lowest BCUT2D eigenvalue weighted by atomic mass is 9.97. The lowest BCUT2D eigenvalue weighted by Crippen LogP contribution is -2.29. The Morgan fingerprint density at radius 3 is 2.48 bits per heavy atom. The zero-order chi connectivity index (χ0) is 17.0. The van der Waals surface area contributed by atoms with Crippen LogP contribution in [0, 0.1) is 19.8 Å². The van der Waals surface area contributed by atoms with Gasteiger partial charge in [-0.1, -0.05) is 32.8 Å². The van der Waals surface area contributed by atoms with E-state index in [-0.39, 0.29) is 23.1 Å². The van der Waals surface area contributed by atoms with Crippen molar-refractivity contribution in [2.75, 3.05) is 5.32 Å². The van der Waals surface area contributed by atoms with Crippen LogP contribution in [0.1, 0.15) is 50.8 Å². The van der Waals surface area contributed by atoms with Crippen LogP contribution in [0.15, 0.2) is 23.1 Å². The van der Waals surface area contributed by atoms with Crippen LogP contribution in [0.4, 0.5) is 5.69 Å². The molecule has 0 bridgehead atoms. The fourth-order valence-electron chi connectivity index (χ4n) is 2.83. The molecular weight excluding hydrogens is 290 g/mol. The van der Waals surface area contributed by atoms with Crippen molar-refractivity contribution in [3.8, 4) is 0 Å². The van der Waals surface area contributed by atoms with Crippen LogP contribution in [0.2, 0.25) is 0 Å². The fourth-order valence-corrected chi connectivity index (χ4v) is 2.83. The summed E-state index contributed by atoms with van der Waals surface area (Å²) in [7, 11) is 0. The monoisotopic (exact) mass is 315 g/mol. The van der Waals surface area contributed by atoms with Gasteiger partial charge >= 0.3 is 0 Å². The third kappa shape index (κ3) is 3.78. The van der Waals surface area contributed by atoms with E-state index in [1.54, 1.807) is 13.1 Å². The highest BCUT2D eigenvalue weighted by Crippen LogP contribution is 2.17. The Kier molecular flexibility index (Phi) is 5.53. The predicted molar refractivity (Wildman–Crippen MR) is 92.9 cm³/mol. The van der Waals surface area contributed by atoms with Crippen LogP contribution in [-0.4, -0.2) is 15.3 Å². The van der Waals surface area contributed by atoms with E-state index < -0.39 is 0 Å². The van der Waals surface area contributed by atoms with Gasteiger partial charge in [0.25, 0.3) is 5.56 Å². The topological polar surface area (TPSA) is 63.5 Å². The molecule has 0 unspecified atom stereocenters. The molecule has 2 aromatic rings. The van der Waals surface area contributed by atoms with Gasteiger partial charge in [0.15, 0.2) is 0 Å². The Hall–Kier alpha value is -2.17. The molecule has 1 N–H and O–H groups in total. The van der Waals surface area contributed by atoms with Crippen molar-refractivity contribution in [3.05, 3.63) is 39.9 Å². The quantitative estimate of drug-likeness (QED) is 0.888. The summed E-state index contributed by atoms with van der Waals surface area (Å²) in [4.78, 5) is 29.6. The molecule has 0 saturated heterocycles. The highest BCUT2D eigenvalue weighted by atomic mass is 16.2. The van der Waals surface area contributed by atoms with E-state index in [1.807, 2.05) is 19.1 Å². The molecule has 0 aliphatic heterocycles. The van der Waals surface area contributed by atoms with E-state index in [9.17, 15) is 9.59 Å². The van der Waals surface area contributed by atoms with E-state index >= 15 is 0 Å². The fraction of sp³-hybridized carbons (Fsp3) is 0.500. The smallest absolute Gasteiger partial charge is 0.281 e. The number of rotatable bonds is 6. The summed E-state index contributed by atoms with van der Waals surface area (Å²) in [6, 6.07) is 3.73. The number of nitrogens with one attached hydrogen (secondary N) is 1. The summed E-state index contributed by atoms with van der Waals surface area (Å²) in [5.74, 6) is -0.134. The first-order valence-corrected chi connectivity index (χ1v) is 8.28. The number of pyridine rings is 1. The van der Waals surface area contributed by atoms with Crippen molar-refractivity contribution in [3.63, 3.8) is 0 Å². The zero-order valence-electron chi connectivity index (χ0n) is 14.3. The highest BCUT2D eigenvalue weighted by molar-refractivity contribution is 5.92. The molecule has 0 aromatic carbocycles. The molecule has 23 heavy (non-hydrogen) atoms. The van der Waals surface area contributed by atoms with Crippen LogP contribution in [0.3, 0.4) is 0 Å². The van der Waals surface area contributed by atoms with Gasteiger partial charge in [0, 0.05) is 12.1 Å². The standard InChI is InChI=1S/C18H25N3O2/c1-5-7-14(8-6-2)17(22)20-16-13(4)19-15-10-9-12(3)11-21(15)18(16)23/h9-11,14H,5-8H2,1-4H3,(H,20,22). The van der Waals surface area contributed by atoms with Crippen LogP contribution in [0.25, 0.3) is 5.65 Å². The first-order chi connectivity index (χ1) is 11.0. The van der Waals surface area contributed by atoms with Gasteiger partial charge in [0.1, 0.15) is 11.3 Å². The number of carbonyl (C=O) groups is 1. The Balaban J connectivity index is 2.39. The van der Waals surface area contributed by atoms with Crippen molar-refractivity contribution in [2.24, 2.45) is 5.92 Å². The number of amides is 1. The molecule has 0 atom stereocenters. The summed E-state index contributed by atoms with van der Waals surface area (Å²) >= 11 is 0. The third-order valence-corrected chi connectivity index (χ3v) is 4.04. The molecule has 5 nitrogen and oxygen atoms in total. The lowest BCUT2D eigenvalue weighted by molar-refractivity contribution is -0.120. The molecule has 0 aliphatic carbocycles. The van der Waals surface area contributed by atoms with E-state index in [0.29, 0.717) is 11.3 Å². The van der Waals surface area contributed by atoms with Crippen molar-refractivity contribution >= 4 is 17.2 Å². The van der Waals surface area contributed by atoms with Gasteiger partial charge in [-0.2, -0.15) is 0 Å². The third-order valence-electron chi connectivity index (χ3n) is 4.04. The van der Waals surface area contributed by atoms with E-state index in [4.69, 9.17) is 0 Å². The molecule has 2 rings (SSSR count). The SMILES string of the molecule is CCCC(CCC)C(=O)Nc1c(C)nc2ccc(C)cn2c1=O. The molecule has 5 heteroatoms. The van der Waals surface area contributed by atoms with Crippen molar-refractivity contribution in [1.29, 1.82) is 0 Å². The van der Waals surface area contributed by atoms with Crippen LogP contribution in [0.5, 0.6) is 0 Å². The van der Waals surface area contributed by atoms with E-state index in [1.165, 1.54) is 4.40 Å². The van der Waals surface area contributed by atoms with Gasteiger partial charge in [0.05, 0.1) is 5.69 Å². The number of carbonyl (C=O) groups excluding carboxylic acids is 1. The Labute approximate surface area is 136 Å². The minimum absolute atomic E-state index is 0.0537. The van der Waals surface area contributed by atoms with Gasteiger partial charge in [-0.15, -0.1) is 0 Å². The molecule has 0 fully saturated rings. The minimum atomic E-state index is -0.226. The second-order valence-electron chi connectivity index (χ2n) is 6.08. The second-order valence-corrected chi connectivity index (χ2v) is 6.08. The van der Waals surface area contributed by atoms with Crippen molar-refractivity contribution < 1.29 is 4.79 Å². The van der Waals surface area contributed by atoms with E-state index in [2.05, 4.69) is 24.1 Å². The van der Waals surface area contributed by atoms with Crippen LogP contribution in [-0.2, 0) is 4.79 Å².